The zero-order chi connectivity index (χ0) is 50.0. The van der Waals surface area contributed by atoms with Crippen molar-refractivity contribution in [3.05, 3.63) is 97.2 Å². The zero-order valence-electron chi connectivity index (χ0n) is 45.0. The molecule has 0 unspecified atom stereocenters. The van der Waals surface area contributed by atoms with Crippen molar-refractivity contribution in [1.29, 1.82) is 0 Å². The summed E-state index contributed by atoms with van der Waals surface area (Å²) >= 11 is 0. The summed E-state index contributed by atoms with van der Waals surface area (Å²) in [5, 5.41) is 0. The van der Waals surface area contributed by atoms with E-state index in [4.69, 9.17) is 14.2 Å². The van der Waals surface area contributed by atoms with Crippen molar-refractivity contribution in [2.75, 3.05) is 13.2 Å². The molecule has 69 heavy (non-hydrogen) atoms. The van der Waals surface area contributed by atoms with Crippen molar-refractivity contribution in [1.82, 2.24) is 0 Å². The Labute approximate surface area is 426 Å². The van der Waals surface area contributed by atoms with Gasteiger partial charge in [-0.05, 0) is 116 Å². The van der Waals surface area contributed by atoms with E-state index in [2.05, 4.69) is 118 Å². The molecule has 0 spiro atoms. The fourth-order valence-corrected chi connectivity index (χ4v) is 7.74. The van der Waals surface area contributed by atoms with E-state index < -0.39 is 6.10 Å². The van der Waals surface area contributed by atoms with Crippen molar-refractivity contribution in [3.8, 4) is 0 Å². The van der Waals surface area contributed by atoms with Crippen LogP contribution in [0.15, 0.2) is 97.2 Å². The lowest BCUT2D eigenvalue weighted by molar-refractivity contribution is -0.167. The summed E-state index contributed by atoms with van der Waals surface area (Å²) in [5.74, 6) is -0.975. The third kappa shape index (κ3) is 55.1. The lowest BCUT2D eigenvalue weighted by atomic mass is 10.1. The molecule has 394 valence electrons. The molecule has 0 saturated heterocycles. The van der Waals surface area contributed by atoms with Gasteiger partial charge in [0.1, 0.15) is 13.2 Å². The van der Waals surface area contributed by atoms with Crippen LogP contribution in [0, 0.1) is 0 Å². The Morgan fingerprint density at radius 3 is 0.986 bits per heavy atom. The van der Waals surface area contributed by atoms with Crippen LogP contribution in [0.25, 0.3) is 0 Å². The number of hydrogen-bond donors (Lipinski definition) is 0. The average Bonchev–Trinajstić information content (AvgIpc) is 3.35. The van der Waals surface area contributed by atoms with Gasteiger partial charge in [0.05, 0.1) is 0 Å². The second-order valence-corrected chi connectivity index (χ2v) is 18.8. The van der Waals surface area contributed by atoms with Crippen LogP contribution in [0.2, 0.25) is 0 Å². The lowest BCUT2D eigenvalue weighted by Gasteiger charge is -2.18. The van der Waals surface area contributed by atoms with Crippen LogP contribution >= 0.6 is 0 Å². The maximum absolute atomic E-state index is 12.9. The molecule has 0 radical (unpaired) electrons. The minimum atomic E-state index is -0.809. The molecule has 0 aliphatic rings. The van der Waals surface area contributed by atoms with E-state index in [1.54, 1.807) is 0 Å². The predicted octanol–water partition coefficient (Wildman–Crippen LogP) is 19.3. The second kappa shape index (κ2) is 56.9. The highest BCUT2D eigenvalue weighted by molar-refractivity contribution is 5.71. The molecule has 0 amide bonds. The maximum Gasteiger partial charge on any atom is 0.306 e. The van der Waals surface area contributed by atoms with Crippen LogP contribution in [-0.4, -0.2) is 37.2 Å². The van der Waals surface area contributed by atoms with Crippen molar-refractivity contribution in [3.63, 3.8) is 0 Å². The second-order valence-electron chi connectivity index (χ2n) is 18.8. The summed E-state index contributed by atoms with van der Waals surface area (Å²) in [6.45, 7) is 6.44. The highest BCUT2D eigenvalue weighted by Crippen LogP contribution is 2.14. The normalized spacial score (nSPS) is 12.8. The van der Waals surface area contributed by atoms with Gasteiger partial charge in [-0.2, -0.15) is 0 Å². The van der Waals surface area contributed by atoms with Crippen molar-refractivity contribution < 1.29 is 28.6 Å². The van der Waals surface area contributed by atoms with E-state index in [-0.39, 0.29) is 37.5 Å². The Balaban J connectivity index is 4.49. The van der Waals surface area contributed by atoms with Gasteiger partial charge in [0.15, 0.2) is 6.10 Å². The SMILES string of the molecule is CC/C=C\C/C=C\C/C=C\C/C=C\C/C=C\CCCC(=O)OC[C@H](COC(=O)CCCCCCC/C=C\C/C=C\CCCCC)OC(=O)CCCCCCCCCCC/C=C\CCCCCCCC. The molecule has 0 fully saturated rings. The van der Waals surface area contributed by atoms with Gasteiger partial charge in [0, 0.05) is 19.3 Å². The van der Waals surface area contributed by atoms with Crippen LogP contribution in [0.3, 0.4) is 0 Å². The van der Waals surface area contributed by atoms with Gasteiger partial charge < -0.3 is 14.2 Å². The summed E-state index contributed by atoms with van der Waals surface area (Å²) in [5.41, 5.74) is 0. The molecule has 0 aromatic heterocycles. The number of esters is 3. The van der Waals surface area contributed by atoms with Gasteiger partial charge in [-0.1, -0.05) is 227 Å². The van der Waals surface area contributed by atoms with Crippen molar-refractivity contribution in [2.24, 2.45) is 0 Å². The van der Waals surface area contributed by atoms with Crippen LogP contribution in [0.5, 0.6) is 0 Å². The Morgan fingerprint density at radius 1 is 0.304 bits per heavy atom. The average molecular weight is 960 g/mol. The number of carbonyl (C=O) groups excluding carboxylic acids is 3. The van der Waals surface area contributed by atoms with Gasteiger partial charge >= 0.3 is 17.9 Å². The van der Waals surface area contributed by atoms with Crippen molar-refractivity contribution in [2.45, 2.75) is 271 Å². The molecule has 0 aromatic rings. The van der Waals surface area contributed by atoms with E-state index in [1.165, 1.54) is 116 Å². The highest BCUT2D eigenvalue weighted by atomic mass is 16.6. The Kier molecular flexibility index (Phi) is 53.9. The third-order valence-electron chi connectivity index (χ3n) is 12.0. The first-order valence-electron chi connectivity index (χ1n) is 28.7. The number of rotatable bonds is 51. The lowest BCUT2D eigenvalue weighted by Crippen LogP contribution is -2.30. The first-order chi connectivity index (χ1) is 34.0. The molecule has 1 atom stereocenters. The fourth-order valence-electron chi connectivity index (χ4n) is 7.74. The van der Waals surface area contributed by atoms with E-state index in [0.717, 1.165) is 103 Å². The van der Waals surface area contributed by atoms with Crippen molar-refractivity contribution >= 4 is 17.9 Å². The van der Waals surface area contributed by atoms with Crippen LogP contribution in [-0.2, 0) is 28.6 Å². The molecule has 6 heteroatoms. The summed E-state index contributed by atoms with van der Waals surface area (Å²) < 4.78 is 16.8. The van der Waals surface area contributed by atoms with Gasteiger partial charge in [-0.15, -0.1) is 0 Å². The Hall–Kier alpha value is -3.67. The summed E-state index contributed by atoms with van der Waals surface area (Å²) in [7, 11) is 0. The monoisotopic (exact) mass is 959 g/mol. The summed E-state index contributed by atoms with van der Waals surface area (Å²) in [6.07, 6.45) is 75.4. The molecule has 0 saturated carbocycles. The third-order valence-corrected chi connectivity index (χ3v) is 12.0. The Morgan fingerprint density at radius 2 is 0.580 bits per heavy atom. The molecular formula is C63H106O6. The largest absolute Gasteiger partial charge is 0.462 e. The van der Waals surface area contributed by atoms with Crippen LogP contribution in [0.4, 0.5) is 0 Å². The number of allylic oxidation sites excluding steroid dienone is 16. The standard InChI is InChI=1S/C63H106O6/c1-4-7-10-13-16-19-22-25-28-30-31-33-36-39-42-45-48-51-54-57-63(66)69-60(58-67-61(64)55-52-49-46-43-40-37-34-27-24-21-18-15-12-9-6-3)59-68-62(65)56-53-50-47-44-41-38-35-32-29-26-23-20-17-14-11-8-5-2/h8,11,17-18,20-21,25-29,34-35,38,44,47,60H,4-7,9-10,12-16,19,22-24,30-33,36-37,39-43,45-46,48-59H2,1-3H3/b11-8-,20-17-,21-18-,28-25-,29-26-,34-27-,38-35-,47-44-/t60-/m0/s1. The molecule has 6 nitrogen and oxygen atoms in total. The molecule has 0 aromatic carbocycles. The summed E-state index contributed by atoms with van der Waals surface area (Å²) in [4.78, 5) is 38.1. The molecule has 0 aliphatic heterocycles. The van der Waals surface area contributed by atoms with E-state index >= 15 is 0 Å². The fraction of sp³-hybridized carbons (Fsp3) is 0.698. The summed E-state index contributed by atoms with van der Waals surface area (Å²) in [6, 6.07) is 0. The van der Waals surface area contributed by atoms with E-state index in [9.17, 15) is 14.4 Å². The van der Waals surface area contributed by atoms with Gasteiger partial charge in [0.25, 0.3) is 0 Å². The highest BCUT2D eigenvalue weighted by Gasteiger charge is 2.19. The first-order valence-corrected chi connectivity index (χ1v) is 28.7. The molecule has 0 heterocycles. The predicted molar refractivity (Wildman–Crippen MR) is 297 cm³/mol. The molecule has 0 aliphatic carbocycles. The Bertz CT molecular complexity index is 1380. The number of hydrogen-bond acceptors (Lipinski definition) is 6. The van der Waals surface area contributed by atoms with E-state index in [0.29, 0.717) is 19.3 Å². The molecular weight excluding hydrogens is 853 g/mol. The number of carbonyl (C=O) groups is 3. The minimum Gasteiger partial charge on any atom is -0.462 e. The molecule has 0 rings (SSSR count). The van der Waals surface area contributed by atoms with Gasteiger partial charge in [-0.25, -0.2) is 0 Å². The van der Waals surface area contributed by atoms with Gasteiger partial charge in [-0.3, -0.25) is 14.4 Å². The topological polar surface area (TPSA) is 78.9 Å². The first kappa shape index (κ1) is 65.3. The minimum absolute atomic E-state index is 0.104. The molecule has 0 N–H and O–H groups in total. The molecule has 0 bridgehead atoms. The van der Waals surface area contributed by atoms with Crippen LogP contribution in [0.1, 0.15) is 265 Å². The number of ether oxygens (including phenoxy) is 3. The quantitative estimate of drug-likeness (QED) is 0.0262. The smallest absolute Gasteiger partial charge is 0.306 e. The maximum atomic E-state index is 12.9. The van der Waals surface area contributed by atoms with Gasteiger partial charge in [0.2, 0.25) is 0 Å². The number of unbranched alkanes of at least 4 members (excludes halogenated alkanes) is 24. The van der Waals surface area contributed by atoms with Crippen LogP contribution < -0.4 is 0 Å². The zero-order valence-corrected chi connectivity index (χ0v) is 45.0. The van der Waals surface area contributed by atoms with E-state index in [1.807, 2.05) is 0 Å².